The van der Waals surface area contributed by atoms with Gasteiger partial charge in [0.05, 0.1) is 18.8 Å². The summed E-state index contributed by atoms with van der Waals surface area (Å²) in [4.78, 5) is 14.6. The number of rotatable bonds is 4. The van der Waals surface area contributed by atoms with Crippen molar-refractivity contribution in [2.45, 2.75) is 18.9 Å². The smallest absolute Gasteiger partial charge is 0.257 e. The number of aliphatic hydroxyl groups excluding tert-OH is 1. The van der Waals surface area contributed by atoms with E-state index in [1.54, 1.807) is 41.3 Å². The van der Waals surface area contributed by atoms with Crippen LogP contribution in [0.5, 0.6) is 5.75 Å². The standard InChI is InChI=1S/C20H22FNO3/c1-25-19-9-5-3-7-16(19)20(24)22-11-10-18(23)15(13-22)12-14-6-2-4-8-17(14)21/h2-9,15,18,23H,10-13H2,1H3/t15-,18-/m1/s1. The van der Waals surface area contributed by atoms with Crippen molar-refractivity contribution in [3.05, 3.63) is 65.5 Å². The Balaban J connectivity index is 1.76. The maximum atomic E-state index is 13.9. The molecule has 0 unspecified atom stereocenters. The third kappa shape index (κ3) is 3.82. The number of methoxy groups -OCH3 is 1. The number of para-hydroxylation sites is 1. The molecule has 25 heavy (non-hydrogen) atoms. The summed E-state index contributed by atoms with van der Waals surface area (Å²) in [6, 6.07) is 13.7. The van der Waals surface area contributed by atoms with Crippen molar-refractivity contribution in [1.82, 2.24) is 4.90 Å². The fourth-order valence-electron chi connectivity index (χ4n) is 3.34. The Bertz CT molecular complexity index is 749. The summed E-state index contributed by atoms with van der Waals surface area (Å²) in [6.07, 6.45) is 0.352. The van der Waals surface area contributed by atoms with Crippen LogP contribution in [0, 0.1) is 11.7 Å². The normalized spacial score (nSPS) is 20.4. The zero-order valence-corrected chi connectivity index (χ0v) is 14.2. The summed E-state index contributed by atoms with van der Waals surface area (Å²) in [7, 11) is 1.53. The molecule has 4 nitrogen and oxygen atoms in total. The highest BCUT2D eigenvalue weighted by molar-refractivity contribution is 5.97. The second kappa shape index (κ2) is 7.66. The molecule has 2 aromatic carbocycles. The summed E-state index contributed by atoms with van der Waals surface area (Å²) in [6.45, 7) is 0.873. The number of likely N-dealkylation sites (tertiary alicyclic amines) is 1. The number of amides is 1. The molecule has 1 aliphatic heterocycles. The molecule has 132 valence electrons. The largest absolute Gasteiger partial charge is 0.496 e. The molecular weight excluding hydrogens is 321 g/mol. The Morgan fingerprint density at radius 2 is 1.96 bits per heavy atom. The van der Waals surface area contributed by atoms with Crippen molar-refractivity contribution in [1.29, 1.82) is 0 Å². The monoisotopic (exact) mass is 343 g/mol. The summed E-state index contributed by atoms with van der Waals surface area (Å²) < 4.78 is 19.2. The maximum Gasteiger partial charge on any atom is 0.257 e. The lowest BCUT2D eigenvalue weighted by atomic mass is 9.88. The van der Waals surface area contributed by atoms with Gasteiger partial charge in [-0.05, 0) is 36.6 Å². The minimum absolute atomic E-state index is 0.122. The van der Waals surface area contributed by atoms with Crippen LogP contribution in [0.1, 0.15) is 22.3 Å². The molecule has 1 heterocycles. The quantitative estimate of drug-likeness (QED) is 0.929. The molecule has 0 aromatic heterocycles. The number of carbonyl (C=O) groups excluding carboxylic acids is 1. The topological polar surface area (TPSA) is 49.8 Å². The van der Waals surface area contributed by atoms with E-state index in [1.165, 1.54) is 13.2 Å². The number of carbonyl (C=O) groups is 1. The minimum Gasteiger partial charge on any atom is -0.496 e. The molecule has 5 heteroatoms. The van der Waals surface area contributed by atoms with Crippen LogP contribution in [0.2, 0.25) is 0 Å². The zero-order valence-electron chi connectivity index (χ0n) is 14.2. The Labute approximate surface area is 146 Å². The highest BCUT2D eigenvalue weighted by Gasteiger charge is 2.32. The van der Waals surface area contributed by atoms with Gasteiger partial charge in [0.2, 0.25) is 0 Å². The molecule has 0 radical (unpaired) electrons. The van der Waals surface area contributed by atoms with Crippen LogP contribution in [-0.4, -0.2) is 42.2 Å². The molecule has 0 aliphatic carbocycles. The van der Waals surface area contributed by atoms with Gasteiger partial charge in [-0.15, -0.1) is 0 Å². The Morgan fingerprint density at radius 1 is 1.24 bits per heavy atom. The maximum absolute atomic E-state index is 13.9. The lowest BCUT2D eigenvalue weighted by Crippen LogP contribution is -2.46. The van der Waals surface area contributed by atoms with Crippen LogP contribution in [0.3, 0.4) is 0 Å². The van der Waals surface area contributed by atoms with Crippen molar-refractivity contribution in [2.24, 2.45) is 5.92 Å². The van der Waals surface area contributed by atoms with E-state index in [0.717, 1.165) is 0 Å². The number of benzene rings is 2. The van der Waals surface area contributed by atoms with E-state index in [4.69, 9.17) is 4.74 Å². The van der Waals surface area contributed by atoms with Gasteiger partial charge in [0, 0.05) is 19.0 Å². The molecule has 1 fully saturated rings. The summed E-state index contributed by atoms with van der Waals surface area (Å²) in [5.74, 6) is -0.0562. The van der Waals surface area contributed by atoms with Crippen LogP contribution in [0.15, 0.2) is 48.5 Å². The number of halogens is 1. The van der Waals surface area contributed by atoms with E-state index >= 15 is 0 Å². The van der Waals surface area contributed by atoms with Crippen LogP contribution in [0.4, 0.5) is 4.39 Å². The second-order valence-corrected chi connectivity index (χ2v) is 6.36. The van der Waals surface area contributed by atoms with E-state index in [0.29, 0.717) is 42.8 Å². The molecule has 1 saturated heterocycles. The number of ether oxygens (including phenoxy) is 1. The first-order valence-electron chi connectivity index (χ1n) is 8.44. The Kier molecular flexibility index (Phi) is 5.34. The van der Waals surface area contributed by atoms with Crippen molar-refractivity contribution in [3.63, 3.8) is 0 Å². The van der Waals surface area contributed by atoms with E-state index < -0.39 is 6.10 Å². The molecule has 0 bridgehead atoms. The van der Waals surface area contributed by atoms with Gasteiger partial charge in [0.1, 0.15) is 11.6 Å². The molecule has 1 amide bonds. The molecule has 0 spiro atoms. The zero-order chi connectivity index (χ0) is 17.8. The van der Waals surface area contributed by atoms with E-state index in [2.05, 4.69) is 0 Å². The third-order valence-corrected chi connectivity index (χ3v) is 4.76. The van der Waals surface area contributed by atoms with E-state index in [-0.39, 0.29) is 17.6 Å². The van der Waals surface area contributed by atoms with E-state index in [9.17, 15) is 14.3 Å². The van der Waals surface area contributed by atoms with Gasteiger partial charge < -0.3 is 14.7 Å². The molecule has 0 saturated carbocycles. The molecule has 2 atom stereocenters. The number of aliphatic hydroxyl groups is 1. The van der Waals surface area contributed by atoms with Crippen LogP contribution >= 0.6 is 0 Å². The summed E-state index contributed by atoms with van der Waals surface area (Å²) in [5.41, 5.74) is 1.07. The second-order valence-electron chi connectivity index (χ2n) is 6.36. The van der Waals surface area contributed by atoms with Crippen LogP contribution < -0.4 is 4.74 Å². The van der Waals surface area contributed by atoms with Gasteiger partial charge in [-0.3, -0.25) is 4.79 Å². The SMILES string of the molecule is COc1ccccc1C(=O)N1CC[C@@H](O)[C@H](Cc2ccccc2F)C1. The Hall–Kier alpha value is -2.40. The average Bonchev–Trinajstić information content (AvgIpc) is 2.64. The minimum atomic E-state index is -0.540. The van der Waals surface area contributed by atoms with Gasteiger partial charge in [0.25, 0.3) is 5.91 Å². The lowest BCUT2D eigenvalue weighted by Gasteiger charge is -2.36. The number of nitrogens with zero attached hydrogens (tertiary/aromatic N) is 1. The Morgan fingerprint density at radius 3 is 2.72 bits per heavy atom. The number of hydrogen-bond donors (Lipinski definition) is 1. The molecule has 3 rings (SSSR count). The van der Waals surface area contributed by atoms with Gasteiger partial charge in [-0.1, -0.05) is 30.3 Å². The lowest BCUT2D eigenvalue weighted by molar-refractivity contribution is 0.0237. The van der Waals surface area contributed by atoms with E-state index in [1.807, 2.05) is 6.07 Å². The van der Waals surface area contributed by atoms with Crippen LogP contribution in [-0.2, 0) is 6.42 Å². The highest BCUT2D eigenvalue weighted by Crippen LogP contribution is 2.26. The fourth-order valence-corrected chi connectivity index (χ4v) is 3.34. The first kappa shape index (κ1) is 17.4. The number of hydrogen-bond acceptors (Lipinski definition) is 3. The molecule has 2 aromatic rings. The van der Waals surface area contributed by atoms with Gasteiger partial charge in [0.15, 0.2) is 0 Å². The third-order valence-electron chi connectivity index (χ3n) is 4.76. The van der Waals surface area contributed by atoms with Gasteiger partial charge >= 0.3 is 0 Å². The van der Waals surface area contributed by atoms with Gasteiger partial charge in [-0.25, -0.2) is 4.39 Å². The van der Waals surface area contributed by atoms with Crippen molar-refractivity contribution in [2.75, 3.05) is 20.2 Å². The predicted octanol–water partition coefficient (Wildman–Crippen LogP) is 2.90. The molecular formula is C20H22FNO3. The van der Waals surface area contributed by atoms with Crippen LogP contribution in [0.25, 0.3) is 0 Å². The average molecular weight is 343 g/mol. The number of piperidine rings is 1. The fraction of sp³-hybridized carbons (Fsp3) is 0.350. The van der Waals surface area contributed by atoms with Crippen molar-refractivity contribution in [3.8, 4) is 5.75 Å². The molecule has 1 aliphatic rings. The first-order valence-corrected chi connectivity index (χ1v) is 8.44. The first-order chi connectivity index (χ1) is 12.1. The van der Waals surface area contributed by atoms with Crippen molar-refractivity contribution < 1.29 is 19.0 Å². The highest BCUT2D eigenvalue weighted by atomic mass is 19.1. The summed E-state index contributed by atoms with van der Waals surface area (Å²) >= 11 is 0. The predicted molar refractivity (Wildman–Crippen MR) is 93.1 cm³/mol. The molecule has 1 N–H and O–H groups in total. The van der Waals surface area contributed by atoms with Crippen molar-refractivity contribution >= 4 is 5.91 Å². The van der Waals surface area contributed by atoms with Gasteiger partial charge in [-0.2, -0.15) is 0 Å². The summed E-state index contributed by atoms with van der Waals surface area (Å²) in [5, 5.41) is 10.3.